The predicted octanol–water partition coefficient (Wildman–Crippen LogP) is 2.94. The minimum Gasteiger partial charge on any atom is -0.356 e. The Labute approximate surface area is 135 Å². The molecule has 0 fully saturated rings. The van der Waals surface area contributed by atoms with Gasteiger partial charge in [0.05, 0.1) is 0 Å². The summed E-state index contributed by atoms with van der Waals surface area (Å²) in [6, 6.07) is 20.6. The molecule has 3 aromatic carbocycles. The molecular weight excluding hydrogens is 286 g/mol. The highest BCUT2D eigenvalue weighted by Gasteiger charge is 2.20. The lowest BCUT2D eigenvalue weighted by Crippen LogP contribution is -2.52. The second kappa shape index (κ2) is 6.36. The quantitative estimate of drug-likeness (QED) is 0.575. The highest BCUT2D eigenvalue weighted by molar-refractivity contribution is 5.92. The summed E-state index contributed by atoms with van der Waals surface area (Å²) < 4.78 is 0. The molecule has 4 nitrogen and oxygen atoms in total. The fourth-order valence-corrected chi connectivity index (χ4v) is 2.49. The van der Waals surface area contributed by atoms with Gasteiger partial charge in [-0.25, -0.2) is 0 Å². The molecule has 3 rings (SSSR count). The lowest BCUT2D eigenvalue weighted by atomic mass is 10.1. The van der Waals surface area contributed by atoms with E-state index >= 15 is 0 Å². The van der Waals surface area contributed by atoms with Crippen molar-refractivity contribution in [2.75, 3.05) is 14.1 Å². The highest BCUT2D eigenvalue weighted by Crippen LogP contribution is 2.15. The van der Waals surface area contributed by atoms with E-state index in [9.17, 15) is 0 Å². The first-order chi connectivity index (χ1) is 11.2. The Morgan fingerprint density at radius 1 is 0.783 bits per heavy atom. The molecule has 0 aliphatic rings. The van der Waals surface area contributed by atoms with E-state index in [0.29, 0.717) is 0 Å². The van der Waals surface area contributed by atoms with Gasteiger partial charge in [-0.3, -0.25) is 10.6 Å². The Morgan fingerprint density at radius 3 is 1.74 bits per heavy atom. The zero-order valence-corrected chi connectivity index (χ0v) is 13.6. The fraction of sp³-hybridized carbons (Fsp3) is 0.211. The third kappa shape index (κ3) is 3.04. The largest absolute Gasteiger partial charge is 0.356 e. The van der Waals surface area contributed by atoms with Gasteiger partial charge >= 0.3 is 0 Å². The molecule has 0 atom stereocenters. The van der Waals surface area contributed by atoms with Crippen molar-refractivity contribution in [3.63, 3.8) is 0 Å². The minimum atomic E-state index is -0.726. The molecule has 0 unspecified atom stereocenters. The van der Waals surface area contributed by atoms with E-state index in [4.69, 9.17) is 4.84 Å². The van der Waals surface area contributed by atoms with Gasteiger partial charge in [0.2, 0.25) is 5.85 Å². The molecule has 23 heavy (non-hydrogen) atoms. The van der Waals surface area contributed by atoms with Crippen LogP contribution in [0.5, 0.6) is 0 Å². The molecule has 2 N–H and O–H groups in total. The summed E-state index contributed by atoms with van der Waals surface area (Å²) in [5.74, 6) is -0.726. The van der Waals surface area contributed by atoms with Crippen molar-refractivity contribution in [2.24, 2.45) is 5.16 Å². The monoisotopic (exact) mass is 307 g/mol. The first-order valence-corrected chi connectivity index (χ1v) is 7.68. The number of nitrogens with one attached hydrogen (secondary N) is 2. The fourth-order valence-electron chi connectivity index (χ4n) is 2.49. The molecule has 0 saturated carbocycles. The predicted molar refractivity (Wildman–Crippen MR) is 94.6 cm³/mol. The maximum Gasteiger partial charge on any atom is 0.240 e. The third-order valence-electron chi connectivity index (χ3n) is 4.15. The Bertz CT molecular complexity index is 840. The van der Waals surface area contributed by atoms with E-state index in [0.717, 1.165) is 26.9 Å². The van der Waals surface area contributed by atoms with Gasteiger partial charge in [0.1, 0.15) is 5.36 Å². The number of benzene rings is 2. The topological polar surface area (TPSA) is 45.6 Å². The molecule has 0 bridgehead atoms. The average Bonchev–Trinajstić information content (AvgIpc) is 2.77. The van der Waals surface area contributed by atoms with Gasteiger partial charge in [-0.2, -0.15) is 0 Å². The van der Waals surface area contributed by atoms with Crippen LogP contribution >= 0.6 is 0 Å². The number of hydrogen-bond donors (Lipinski definition) is 2. The standard InChI is InChI=1S/C19H21N3O/c1-19(20-2,21-3)23-22-18-16-10-6-4-8-14(16)12-13-15-9-5-7-11-17(15)18/h4-13,20-21H,1-3H3. The second-order valence-electron chi connectivity index (χ2n) is 5.57. The summed E-state index contributed by atoms with van der Waals surface area (Å²) in [5, 5.41) is 15.8. The lowest BCUT2D eigenvalue weighted by Gasteiger charge is -2.25. The van der Waals surface area contributed by atoms with Gasteiger partial charge in [0.25, 0.3) is 0 Å². The van der Waals surface area contributed by atoms with E-state index in [1.807, 2.05) is 45.3 Å². The molecule has 0 saturated heterocycles. The summed E-state index contributed by atoms with van der Waals surface area (Å²) in [4.78, 5) is 5.77. The van der Waals surface area contributed by atoms with E-state index in [2.05, 4.69) is 52.2 Å². The maximum atomic E-state index is 5.77. The van der Waals surface area contributed by atoms with Crippen LogP contribution in [0, 0.1) is 0 Å². The lowest BCUT2D eigenvalue weighted by molar-refractivity contribution is -0.0754. The molecular formula is C19H21N3O. The van der Waals surface area contributed by atoms with Crippen LogP contribution in [0.25, 0.3) is 21.5 Å². The van der Waals surface area contributed by atoms with Crippen molar-refractivity contribution >= 4 is 21.5 Å². The number of rotatable bonds is 4. The average molecular weight is 307 g/mol. The van der Waals surface area contributed by atoms with Crippen molar-refractivity contribution in [1.82, 2.24) is 10.6 Å². The van der Waals surface area contributed by atoms with Gasteiger partial charge in [-0.05, 0) is 24.9 Å². The van der Waals surface area contributed by atoms with Crippen molar-refractivity contribution in [2.45, 2.75) is 12.8 Å². The van der Waals surface area contributed by atoms with Crippen molar-refractivity contribution < 1.29 is 4.84 Å². The molecule has 0 heterocycles. The summed E-state index contributed by atoms with van der Waals surface area (Å²) >= 11 is 0. The summed E-state index contributed by atoms with van der Waals surface area (Å²) in [6.07, 6.45) is 0. The summed E-state index contributed by atoms with van der Waals surface area (Å²) in [7, 11) is 3.65. The molecule has 3 aromatic rings. The van der Waals surface area contributed by atoms with E-state index in [-0.39, 0.29) is 0 Å². The van der Waals surface area contributed by atoms with Gasteiger partial charge in [-0.15, -0.1) is 0 Å². The SMILES string of the molecule is CNC(C)(NC)ON=c1c2ccccc2ccc2ccccc12. The molecule has 0 spiro atoms. The van der Waals surface area contributed by atoms with Gasteiger partial charge in [0.15, 0.2) is 0 Å². The summed E-state index contributed by atoms with van der Waals surface area (Å²) in [5.41, 5.74) is 0. The molecule has 0 amide bonds. The van der Waals surface area contributed by atoms with E-state index in [1.165, 1.54) is 0 Å². The number of fused-ring (bicyclic) bond motifs is 2. The normalized spacial score (nSPS) is 11.6. The van der Waals surface area contributed by atoms with Crippen molar-refractivity contribution in [3.8, 4) is 0 Å². The van der Waals surface area contributed by atoms with Crippen LogP contribution in [0.4, 0.5) is 0 Å². The van der Waals surface area contributed by atoms with Crippen molar-refractivity contribution in [3.05, 3.63) is 66.0 Å². The third-order valence-corrected chi connectivity index (χ3v) is 4.15. The van der Waals surface area contributed by atoms with E-state index in [1.54, 1.807) is 0 Å². The van der Waals surface area contributed by atoms with Crippen LogP contribution in [0.1, 0.15) is 6.92 Å². The molecule has 0 aromatic heterocycles. The Hall–Kier alpha value is -2.43. The molecule has 4 heteroatoms. The number of nitrogens with zero attached hydrogens (tertiary/aromatic N) is 1. The van der Waals surface area contributed by atoms with Gasteiger partial charge in [-0.1, -0.05) is 65.8 Å². The number of hydrogen-bond acceptors (Lipinski definition) is 4. The second-order valence-corrected chi connectivity index (χ2v) is 5.57. The van der Waals surface area contributed by atoms with Crippen LogP contribution in [0.15, 0.2) is 65.8 Å². The molecule has 118 valence electrons. The smallest absolute Gasteiger partial charge is 0.240 e. The van der Waals surface area contributed by atoms with Crippen LogP contribution < -0.4 is 16.0 Å². The highest BCUT2D eigenvalue weighted by atomic mass is 16.7. The molecule has 0 aliphatic heterocycles. The van der Waals surface area contributed by atoms with Gasteiger partial charge < -0.3 is 4.84 Å². The Balaban J connectivity index is 2.35. The summed E-state index contributed by atoms with van der Waals surface area (Å²) in [6.45, 7) is 1.89. The Kier molecular flexibility index (Phi) is 4.28. The maximum absolute atomic E-state index is 5.77. The van der Waals surface area contributed by atoms with Crippen LogP contribution in [0.3, 0.4) is 0 Å². The zero-order valence-electron chi connectivity index (χ0n) is 13.6. The van der Waals surface area contributed by atoms with E-state index < -0.39 is 5.85 Å². The first kappa shape index (κ1) is 15.5. The van der Waals surface area contributed by atoms with Crippen LogP contribution in [0.2, 0.25) is 0 Å². The van der Waals surface area contributed by atoms with Crippen molar-refractivity contribution in [1.29, 1.82) is 0 Å². The molecule has 0 aliphatic carbocycles. The minimum absolute atomic E-state index is 0.726. The first-order valence-electron chi connectivity index (χ1n) is 7.68. The van der Waals surface area contributed by atoms with Gasteiger partial charge in [0, 0.05) is 17.7 Å². The zero-order chi connectivity index (χ0) is 16.3. The molecule has 0 radical (unpaired) electrons. The van der Waals surface area contributed by atoms with Crippen LogP contribution in [-0.4, -0.2) is 19.9 Å². The Morgan fingerprint density at radius 2 is 1.26 bits per heavy atom. The van der Waals surface area contributed by atoms with Crippen LogP contribution in [-0.2, 0) is 4.84 Å².